The average molecular weight is 284 g/mol. The first kappa shape index (κ1) is 12.9. The number of benzene rings is 1. The molecule has 3 nitrogen and oxygen atoms in total. The summed E-state index contributed by atoms with van der Waals surface area (Å²) in [4.78, 5) is 13.7. The van der Waals surface area contributed by atoms with Crippen molar-refractivity contribution in [2.45, 2.75) is 13.8 Å². The van der Waals surface area contributed by atoms with Gasteiger partial charge in [-0.2, -0.15) is 0 Å². The number of amides is 1. The minimum Gasteiger partial charge on any atom is -0.339 e. The van der Waals surface area contributed by atoms with Crippen LogP contribution in [0.3, 0.4) is 0 Å². The number of hydrogen-bond donors (Lipinski definition) is 1. The van der Waals surface area contributed by atoms with Crippen molar-refractivity contribution in [1.82, 2.24) is 4.57 Å². The molecule has 102 valence electrons. The van der Waals surface area contributed by atoms with E-state index < -0.39 is 0 Å². The van der Waals surface area contributed by atoms with Crippen molar-refractivity contribution in [3.63, 3.8) is 0 Å². The van der Waals surface area contributed by atoms with Gasteiger partial charge in [-0.15, -0.1) is 11.3 Å². The summed E-state index contributed by atoms with van der Waals surface area (Å²) >= 11 is 1.74. The lowest BCUT2D eigenvalue weighted by Crippen LogP contribution is -2.15. The van der Waals surface area contributed by atoms with Crippen molar-refractivity contribution in [2.24, 2.45) is 7.05 Å². The first-order valence-electron chi connectivity index (χ1n) is 6.49. The number of fused-ring (bicyclic) bond motifs is 1. The number of carbonyl (C=O) groups excluding carboxylic acids is 1. The summed E-state index contributed by atoms with van der Waals surface area (Å²) in [5.74, 6) is -0.0702. The van der Waals surface area contributed by atoms with Crippen molar-refractivity contribution >= 4 is 33.1 Å². The van der Waals surface area contributed by atoms with Crippen LogP contribution in [-0.2, 0) is 7.05 Å². The number of para-hydroxylation sites is 1. The van der Waals surface area contributed by atoms with Crippen molar-refractivity contribution in [3.05, 3.63) is 52.5 Å². The largest absolute Gasteiger partial charge is 0.339 e. The third kappa shape index (κ3) is 2.02. The SMILES string of the molecule is Cc1sc2cc(C(=O)Nc3ccccc3)n(C)c2c1C. The molecule has 0 radical (unpaired) electrons. The van der Waals surface area contributed by atoms with Crippen LogP contribution in [0.2, 0.25) is 0 Å². The third-order valence-corrected chi connectivity index (χ3v) is 4.75. The number of rotatable bonds is 2. The maximum atomic E-state index is 12.4. The number of nitrogens with zero attached hydrogens (tertiary/aromatic N) is 1. The Balaban J connectivity index is 1.98. The van der Waals surface area contributed by atoms with Gasteiger partial charge in [-0.05, 0) is 37.6 Å². The molecule has 0 aliphatic rings. The molecule has 2 aromatic heterocycles. The highest BCUT2D eigenvalue weighted by atomic mass is 32.1. The summed E-state index contributed by atoms with van der Waals surface area (Å²) in [5.41, 5.74) is 3.92. The molecule has 20 heavy (non-hydrogen) atoms. The van der Waals surface area contributed by atoms with Gasteiger partial charge >= 0.3 is 0 Å². The van der Waals surface area contributed by atoms with Crippen LogP contribution >= 0.6 is 11.3 Å². The summed E-state index contributed by atoms with van der Waals surface area (Å²) in [5, 5.41) is 2.93. The van der Waals surface area contributed by atoms with Gasteiger partial charge in [0.15, 0.2) is 0 Å². The molecule has 0 saturated heterocycles. The van der Waals surface area contributed by atoms with E-state index in [0.29, 0.717) is 5.69 Å². The van der Waals surface area contributed by atoms with Gasteiger partial charge in [0.2, 0.25) is 0 Å². The van der Waals surface area contributed by atoms with E-state index in [1.165, 1.54) is 15.1 Å². The summed E-state index contributed by atoms with van der Waals surface area (Å²) in [6.45, 7) is 4.22. The molecule has 0 unspecified atom stereocenters. The summed E-state index contributed by atoms with van der Waals surface area (Å²) in [7, 11) is 1.95. The maximum absolute atomic E-state index is 12.4. The Morgan fingerprint density at radius 3 is 2.55 bits per heavy atom. The zero-order chi connectivity index (χ0) is 14.3. The van der Waals surface area contributed by atoms with E-state index in [0.717, 1.165) is 11.2 Å². The van der Waals surface area contributed by atoms with E-state index in [2.05, 4.69) is 19.2 Å². The lowest BCUT2D eigenvalue weighted by atomic mass is 10.3. The van der Waals surface area contributed by atoms with Crippen LogP contribution in [0, 0.1) is 13.8 Å². The zero-order valence-electron chi connectivity index (χ0n) is 11.7. The second-order valence-corrected chi connectivity index (χ2v) is 6.16. The van der Waals surface area contributed by atoms with Crippen LogP contribution in [0.1, 0.15) is 20.9 Å². The number of thiophene rings is 1. The van der Waals surface area contributed by atoms with Gasteiger partial charge in [-0.3, -0.25) is 4.79 Å². The fourth-order valence-corrected chi connectivity index (χ4v) is 3.57. The molecule has 0 atom stereocenters. The van der Waals surface area contributed by atoms with Crippen LogP contribution in [0.15, 0.2) is 36.4 Å². The molecule has 2 heterocycles. The molecule has 0 spiro atoms. The normalized spacial score (nSPS) is 10.9. The van der Waals surface area contributed by atoms with E-state index in [1.807, 2.05) is 48.0 Å². The molecule has 0 aliphatic heterocycles. The first-order valence-corrected chi connectivity index (χ1v) is 7.31. The van der Waals surface area contributed by atoms with E-state index in [4.69, 9.17) is 0 Å². The molecule has 0 saturated carbocycles. The summed E-state index contributed by atoms with van der Waals surface area (Å²) < 4.78 is 3.15. The molecule has 3 aromatic rings. The third-order valence-electron chi connectivity index (χ3n) is 3.61. The van der Waals surface area contributed by atoms with E-state index in [9.17, 15) is 4.79 Å². The fraction of sp³-hybridized carbons (Fsp3) is 0.188. The van der Waals surface area contributed by atoms with Crippen molar-refractivity contribution in [1.29, 1.82) is 0 Å². The molecule has 0 aliphatic carbocycles. The van der Waals surface area contributed by atoms with Gasteiger partial charge in [0.1, 0.15) is 5.69 Å². The monoisotopic (exact) mass is 284 g/mol. The van der Waals surface area contributed by atoms with Crippen LogP contribution in [-0.4, -0.2) is 10.5 Å². The Kier molecular flexibility index (Phi) is 3.10. The first-order chi connectivity index (χ1) is 9.58. The lowest BCUT2D eigenvalue weighted by Gasteiger charge is -2.06. The molecule has 1 amide bonds. The quantitative estimate of drug-likeness (QED) is 0.755. The van der Waals surface area contributed by atoms with Gasteiger partial charge in [-0.1, -0.05) is 18.2 Å². The van der Waals surface area contributed by atoms with Crippen molar-refractivity contribution in [2.75, 3.05) is 5.32 Å². The van der Waals surface area contributed by atoms with E-state index in [-0.39, 0.29) is 5.91 Å². The standard InChI is InChI=1S/C16H16N2OS/c1-10-11(2)20-14-9-13(18(3)15(10)14)16(19)17-12-7-5-4-6-8-12/h4-9H,1-3H3,(H,17,19). The number of anilines is 1. The number of aryl methyl sites for hydroxylation is 3. The number of aromatic nitrogens is 1. The number of carbonyl (C=O) groups is 1. The minimum atomic E-state index is -0.0702. The van der Waals surface area contributed by atoms with Crippen molar-refractivity contribution in [3.8, 4) is 0 Å². The second-order valence-electron chi connectivity index (χ2n) is 4.90. The molecule has 1 aromatic carbocycles. The predicted octanol–water partition coefficient (Wildman–Crippen LogP) is 4.11. The topological polar surface area (TPSA) is 34.0 Å². The van der Waals surface area contributed by atoms with Gasteiger partial charge in [0.05, 0.1) is 10.2 Å². The van der Waals surface area contributed by atoms with Crippen LogP contribution in [0.4, 0.5) is 5.69 Å². The predicted molar refractivity (Wildman–Crippen MR) is 84.7 cm³/mol. The average Bonchev–Trinajstić information content (AvgIpc) is 2.89. The molecular formula is C16H16N2OS. The molecule has 0 fully saturated rings. The Hall–Kier alpha value is -2.07. The Morgan fingerprint density at radius 2 is 1.90 bits per heavy atom. The van der Waals surface area contributed by atoms with Crippen LogP contribution in [0.25, 0.3) is 10.2 Å². The van der Waals surface area contributed by atoms with E-state index >= 15 is 0 Å². The highest BCUT2D eigenvalue weighted by molar-refractivity contribution is 7.19. The number of nitrogens with one attached hydrogen (secondary N) is 1. The highest BCUT2D eigenvalue weighted by Gasteiger charge is 2.17. The zero-order valence-corrected chi connectivity index (χ0v) is 12.5. The molecule has 0 bridgehead atoms. The Bertz CT molecular complexity index is 784. The second kappa shape index (κ2) is 4.80. The van der Waals surface area contributed by atoms with Gasteiger partial charge in [0.25, 0.3) is 5.91 Å². The summed E-state index contributed by atoms with van der Waals surface area (Å²) in [6.07, 6.45) is 0. The Labute approximate surface area is 121 Å². The summed E-state index contributed by atoms with van der Waals surface area (Å²) in [6, 6.07) is 11.5. The minimum absolute atomic E-state index is 0.0702. The van der Waals surface area contributed by atoms with Crippen molar-refractivity contribution < 1.29 is 4.79 Å². The van der Waals surface area contributed by atoms with E-state index in [1.54, 1.807) is 11.3 Å². The van der Waals surface area contributed by atoms with Crippen LogP contribution < -0.4 is 5.32 Å². The fourth-order valence-electron chi connectivity index (χ4n) is 2.43. The maximum Gasteiger partial charge on any atom is 0.272 e. The Morgan fingerprint density at radius 1 is 1.20 bits per heavy atom. The lowest BCUT2D eigenvalue weighted by molar-refractivity contribution is 0.102. The molecule has 1 N–H and O–H groups in total. The molecular weight excluding hydrogens is 268 g/mol. The smallest absolute Gasteiger partial charge is 0.272 e. The molecule has 4 heteroatoms. The number of hydrogen-bond acceptors (Lipinski definition) is 2. The van der Waals surface area contributed by atoms with Crippen LogP contribution in [0.5, 0.6) is 0 Å². The molecule has 3 rings (SSSR count). The van der Waals surface area contributed by atoms with Gasteiger partial charge in [-0.25, -0.2) is 0 Å². The highest BCUT2D eigenvalue weighted by Crippen LogP contribution is 2.32. The van der Waals surface area contributed by atoms with Gasteiger partial charge in [0, 0.05) is 17.6 Å². The van der Waals surface area contributed by atoms with Gasteiger partial charge < -0.3 is 9.88 Å².